The van der Waals surface area contributed by atoms with Gasteiger partial charge in [-0.2, -0.15) is 8.42 Å². The molecule has 0 fully saturated rings. The molecule has 0 radical (unpaired) electrons. The summed E-state index contributed by atoms with van der Waals surface area (Å²) in [6.45, 7) is 0. The van der Waals surface area contributed by atoms with Crippen LogP contribution < -0.4 is 0 Å². The van der Waals surface area contributed by atoms with Crippen LogP contribution >= 0.6 is 22.9 Å². The predicted molar refractivity (Wildman–Crippen MR) is 42.4 cm³/mol. The van der Waals surface area contributed by atoms with E-state index >= 15 is 0 Å². The van der Waals surface area contributed by atoms with E-state index < -0.39 is 15.9 Å². The highest BCUT2D eigenvalue weighted by molar-refractivity contribution is 7.85. The van der Waals surface area contributed by atoms with Crippen LogP contribution in [0.15, 0.2) is 5.38 Å². The topological polar surface area (TPSA) is 67.3 Å². The Morgan fingerprint density at radius 2 is 2.36 bits per heavy atom. The van der Waals surface area contributed by atoms with E-state index in [0.29, 0.717) is 0 Å². The third-order valence-corrected chi connectivity index (χ3v) is 2.54. The third kappa shape index (κ3) is 3.15. The summed E-state index contributed by atoms with van der Waals surface area (Å²) in [7, 11) is -3.98. The molecule has 1 aromatic heterocycles. The first-order chi connectivity index (χ1) is 4.97. The van der Waals surface area contributed by atoms with Crippen molar-refractivity contribution in [3.05, 3.63) is 15.5 Å². The molecular weight excluding hydrogens is 210 g/mol. The van der Waals surface area contributed by atoms with Crippen LogP contribution in [0.5, 0.6) is 0 Å². The number of hydrogen-bond donors (Lipinski definition) is 1. The molecule has 4 nitrogen and oxygen atoms in total. The SMILES string of the molecule is O=S(=O)(O)Cc1csc(Cl)n1. The molecule has 62 valence electrons. The van der Waals surface area contributed by atoms with Gasteiger partial charge in [0.2, 0.25) is 0 Å². The normalized spacial score (nSPS) is 11.8. The average Bonchev–Trinajstić information content (AvgIpc) is 2.10. The van der Waals surface area contributed by atoms with Gasteiger partial charge >= 0.3 is 0 Å². The molecule has 1 heterocycles. The number of hydrogen-bond acceptors (Lipinski definition) is 4. The summed E-state index contributed by atoms with van der Waals surface area (Å²) < 4.78 is 29.2. The fraction of sp³-hybridized carbons (Fsp3) is 0.250. The zero-order chi connectivity index (χ0) is 8.48. The van der Waals surface area contributed by atoms with Crippen LogP contribution in [-0.2, 0) is 15.9 Å². The largest absolute Gasteiger partial charge is 0.285 e. The van der Waals surface area contributed by atoms with Crippen LogP contribution in [0.4, 0.5) is 0 Å². The van der Waals surface area contributed by atoms with Crippen molar-refractivity contribution in [2.24, 2.45) is 0 Å². The minimum absolute atomic E-state index is 0.266. The highest BCUT2D eigenvalue weighted by Crippen LogP contribution is 2.16. The van der Waals surface area contributed by atoms with Gasteiger partial charge in [-0.1, -0.05) is 11.6 Å². The summed E-state index contributed by atoms with van der Waals surface area (Å²) in [5, 5.41) is 1.48. The molecule has 11 heavy (non-hydrogen) atoms. The first-order valence-corrected chi connectivity index (χ1v) is 5.39. The molecule has 0 atom stereocenters. The zero-order valence-corrected chi connectivity index (χ0v) is 7.58. The third-order valence-electron chi connectivity index (χ3n) is 0.854. The second kappa shape index (κ2) is 3.06. The van der Waals surface area contributed by atoms with Crippen molar-refractivity contribution in [2.45, 2.75) is 5.75 Å². The summed E-state index contributed by atoms with van der Waals surface area (Å²) >= 11 is 6.54. The van der Waals surface area contributed by atoms with Crippen molar-refractivity contribution in [1.29, 1.82) is 0 Å². The molecule has 0 amide bonds. The van der Waals surface area contributed by atoms with E-state index in [-0.39, 0.29) is 10.2 Å². The monoisotopic (exact) mass is 213 g/mol. The van der Waals surface area contributed by atoms with Crippen molar-refractivity contribution in [3.8, 4) is 0 Å². The molecule has 0 aliphatic heterocycles. The lowest BCUT2D eigenvalue weighted by molar-refractivity contribution is 0.481. The fourth-order valence-corrected chi connectivity index (χ4v) is 1.94. The number of aromatic nitrogens is 1. The van der Waals surface area contributed by atoms with Crippen LogP contribution in [0.25, 0.3) is 0 Å². The number of rotatable bonds is 2. The summed E-state index contributed by atoms with van der Waals surface area (Å²) in [4.78, 5) is 3.64. The van der Waals surface area contributed by atoms with Gasteiger partial charge < -0.3 is 0 Å². The Balaban J connectivity index is 2.81. The van der Waals surface area contributed by atoms with Gasteiger partial charge in [-0.05, 0) is 0 Å². The average molecular weight is 214 g/mol. The molecule has 0 saturated carbocycles. The van der Waals surface area contributed by atoms with E-state index in [1.54, 1.807) is 0 Å². The van der Waals surface area contributed by atoms with Crippen molar-refractivity contribution < 1.29 is 13.0 Å². The number of thiazole rings is 1. The lowest BCUT2D eigenvalue weighted by atomic mass is 10.6. The molecule has 0 aromatic carbocycles. The van der Waals surface area contributed by atoms with Gasteiger partial charge in [0.05, 0.1) is 5.69 Å². The predicted octanol–water partition coefficient (Wildman–Crippen LogP) is 1.18. The van der Waals surface area contributed by atoms with Gasteiger partial charge in [0.1, 0.15) is 5.75 Å². The van der Waals surface area contributed by atoms with Crippen molar-refractivity contribution >= 4 is 33.1 Å². The Morgan fingerprint density at radius 3 is 2.73 bits per heavy atom. The molecule has 1 N–H and O–H groups in total. The van der Waals surface area contributed by atoms with E-state index in [0.717, 1.165) is 11.3 Å². The second-order valence-corrected chi connectivity index (χ2v) is 4.71. The highest BCUT2D eigenvalue weighted by atomic mass is 35.5. The summed E-state index contributed by atoms with van der Waals surface area (Å²) in [5.74, 6) is -0.476. The first kappa shape index (κ1) is 8.92. The van der Waals surface area contributed by atoms with Crippen LogP contribution in [-0.4, -0.2) is 18.0 Å². The minimum Gasteiger partial charge on any atom is -0.285 e. The maximum atomic E-state index is 10.3. The van der Waals surface area contributed by atoms with Crippen molar-refractivity contribution in [2.75, 3.05) is 0 Å². The Labute approximate surface area is 72.6 Å². The van der Waals surface area contributed by atoms with Crippen LogP contribution in [0, 0.1) is 0 Å². The van der Waals surface area contributed by atoms with Gasteiger partial charge in [0.15, 0.2) is 4.47 Å². The fourth-order valence-electron chi connectivity index (χ4n) is 0.535. The van der Waals surface area contributed by atoms with E-state index in [1.807, 2.05) is 0 Å². The Hall–Kier alpha value is -0.170. The lowest BCUT2D eigenvalue weighted by Gasteiger charge is -1.89. The zero-order valence-electron chi connectivity index (χ0n) is 5.19. The standard InChI is InChI=1S/C4H4ClNO3S2/c5-4-6-3(1-10-4)2-11(7,8)9/h1H,2H2,(H,7,8,9). The summed E-state index contributed by atoms with van der Waals surface area (Å²) in [5.41, 5.74) is 0.266. The maximum absolute atomic E-state index is 10.3. The van der Waals surface area contributed by atoms with Gasteiger partial charge in [0, 0.05) is 5.38 Å². The smallest absolute Gasteiger partial charge is 0.270 e. The highest BCUT2D eigenvalue weighted by Gasteiger charge is 2.09. The van der Waals surface area contributed by atoms with Crippen LogP contribution in [0.1, 0.15) is 5.69 Å². The van der Waals surface area contributed by atoms with E-state index in [9.17, 15) is 8.42 Å². The van der Waals surface area contributed by atoms with Crippen molar-refractivity contribution in [1.82, 2.24) is 4.98 Å². The summed E-state index contributed by atoms with van der Waals surface area (Å²) in [6, 6.07) is 0. The lowest BCUT2D eigenvalue weighted by Crippen LogP contribution is -2.01. The molecule has 7 heteroatoms. The van der Waals surface area contributed by atoms with Gasteiger partial charge in [-0.3, -0.25) is 4.55 Å². The maximum Gasteiger partial charge on any atom is 0.270 e. The van der Waals surface area contributed by atoms with Gasteiger partial charge in [-0.15, -0.1) is 11.3 Å². The number of halogens is 1. The van der Waals surface area contributed by atoms with E-state index in [1.165, 1.54) is 5.38 Å². The molecule has 0 saturated heterocycles. The molecule has 0 aliphatic carbocycles. The molecule has 0 spiro atoms. The van der Waals surface area contributed by atoms with E-state index in [2.05, 4.69) is 4.98 Å². The van der Waals surface area contributed by atoms with Gasteiger partial charge in [-0.25, -0.2) is 4.98 Å². The molecule has 1 aromatic rings. The molecule has 0 aliphatic rings. The molecule has 1 rings (SSSR count). The van der Waals surface area contributed by atoms with Crippen LogP contribution in [0.3, 0.4) is 0 Å². The van der Waals surface area contributed by atoms with E-state index in [4.69, 9.17) is 16.2 Å². The van der Waals surface area contributed by atoms with Crippen LogP contribution in [0.2, 0.25) is 4.47 Å². The molecular formula is C4H4ClNO3S2. The summed E-state index contributed by atoms with van der Waals surface area (Å²) in [6.07, 6.45) is 0. The first-order valence-electron chi connectivity index (χ1n) is 2.52. The Morgan fingerprint density at radius 1 is 1.73 bits per heavy atom. The quantitative estimate of drug-likeness (QED) is 0.750. The minimum atomic E-state index is -3.98. The second-order valence-electron chi connectivity index (χ2n) is 1.82. The van der Waals surface area contributed by atoms with Crippen molar-refractivity contribution in [3.63, 3.8) is 0 Å². The molecule has 0 unspecified atom stereocenters. The Kier molecular flexibility index (Phi) is 2.48. The van der Waals surface area contributed by atoms with Gasteiger partial charge in [0.25, 0.3) is 10.1 Å². The molecule has 0 bridgehead atoms. The Bertz CT molecular complexity index is 344. The number of nitrogens with zero attached hydrogens (tertiary/aromatic N) is 1.